The Kier molecular flexibility index (Phi) is 4.35. The van der Waals surface area contributed by atoms with Gasteiger partial charge in [0.05, 0.1) is 22.3 Å². The van der Waals surface area contributed by atoms with E-state index in [1.807, 2.05) is 6.92 Å². The molecule has 2 aromatic rings. The van der Waals surface area contributed by atoms with E-state index in [0.717, 1.165) is 5.69 Å². The van der Waals surface area contributed by atoms with Crippen molar-refractivity contribution in [3.05, 3.63) is 69.5 Å². The summed E-state index contributed by atoms with van der Waals surface area (Å²) in [6.07, 6.45) is 2.67. The van der Waals surface area contributed by atoms with Crippen LogP contribution in [0.5, 0.6) is 0 Å². The van der Waals surface area contributed by atoms with Gasteiger partial charge in [-0.3, -0.25) is 19.9 Å². The van der Waals surface area contributed by atoms with Crippen molar-refractivity contribution >= 4 is 17.8 Å². The van der Waals surface area contributed by atoms with Crippen LogP contribution in [0.4, 0.5) is 5.69 Å². The van der Waals surface area contributed by atoms with E-state index < -0.39 is 10.8 Å². The normalized spacial score (nSPS) is 10.5. The van der Waals surface area contributed by atoms with Gasteiger partial charge in [0.2, 0.25) is 0 Å². The van der Waals surface area contributed by atoms with Gasteiger partial charge in [-0.15, -0.1) is 0 Å². The number of carbonyl (C=O) groups is 1. The molecule has 0 saturated carbocycles. The third-order valence-corrected chi connectivity index (χ3v) is 2.68. The summed E-state index contributed by atoms with van der Waals surface area (Å²) in [5, 5.41) is 14.5. The van der Waals surface area contributed by atoms with Gasteiger partial charge in [0.1, 0.15) is 0 Å². The highest BCUT2D eigenvalue weighted by Gasteiger charge is 2.10. The number of carbonyl (C=O) groups excluding carboxylic acids is 1. The number of hydrogen-bond donors (Lipinski definition) is 1. The first-order valence-electron chi connectivity index (χ1n) is 6.07. The molecule has 1 aromatic heterocycles. The molecule has 0 bridgehead atoms. The number of amides is 1. The van der Waals surface area contributed by atoms with Gasteiger partial charge < -0.3 is 0 Å². The maximum atomic E-state index is 11.8. The summed E-state index contributed by atoms with van der Waals surface area (Å²) in [6.45, 7) is 1.81. The number of para-hydroxylation sites is 1. The summed E-state index contributed by atoms with van der Waals surface area (Å²) in [7, 11) is 0. The number of aryl methyl sites for hydroxylation is 1. The first-order valence-corrected chi connectivity index (χ1v) is 6.07. The van der Waals surface area contributed by atoms with Crippen LogP contribution in [0.3, 0.4) is 0 Å². The second-order valence-electron chi connectivity index (χ2n) is 4.20. The summed E-state index contributed by atoms with van der Waals surface area (Å²) in [6, 6.07) is 9.46. The molecular weight excluding hydrogens is 272 g/mol. The highest BCUT2D eigenvalue weighted by molar-refractivity contribution is 5.95. The molecular formula is C14H12N4O3. The maximum Gasteiger partial charge on any atom is 0.278 e. The van der Waals surface area contributed by atoms with Gasteiger partial charge in [-0.25, -0.2) is 5.43 Å². The molecule has 0 saturated heterocycles. The third kappa shape index (κ3) is 3.69. The number of benzene rings is 1. The molecule has 2 rings (SSSR count). The van der Waals surface area contributed by atoms with Crippen LogP contribution in [-0.4, -0.2) is 22.0 Å². The molecule has 7 heteroatoms. The van der Waals surface area contributed by atoms with E-state index in [-0.39, 0.29) is 5.69 Å². The first-order chi connectivity index (χ1) is 10.1. The molecule has 0 atom stereocenters. The Hall–Kier alpha value is -3.09. The lowest BCUT2D eigenvalue weighted by molar-refractivity contribution is -0.385. The van der Waals surface area contributed by atoms with Crippen molar-refractivity contribution in [1.82, 2.24) is 10.4 Å². The smallest absolute Gasteiger partial charge is 0.267 e. The first kappa shape index (κ1) is 14.3. The van der Waals surface area contributed by atoms with E-state index in [0.29, 0.717) is 11.1 Å². The average molecular weight is 284 g/mol. The number of nitro groups is 1. The molecule has 1 amide bonds. The summed E-state index contributed by atoms with van der Waals surface area (Å²) in [5.41, 5.74) is 3.70. The summed E-state index contributed by atoms with van der Waals surface area (Å²) >= 11 is 0. The van der Waals surface area contributed by atoms with Gasteiger partial charge >= 0.3 is 0 Å². The molecule has 0 radical (unpaired) electrons. The number of nitrogens with zero attached hydrogens (tertiary/aromatic N) is 3. The van der Waals surface area contributed by atoms with Gasteiger partial charge in [0, 0.05) is 18.0 Å². The molecule has 7 nitrogen and oxygen atoms in total. The van der Waals surface area contributed by atoms with Crippen LogP contribution in [0.1, 0.15) is 21.6 Å². The predicted molar refractivity (Wildman–Crippen MR) is 77.1 cm³/mol. The fourth-order valence-corrected chi connectivity index (χ4v) is 1.59. The van der Waals surface area contributed by atoms with Crippen molar-refractivity contribution in [1.29, 1.82) is 0 Å². The number of hydrogen-bond acceptors (Lipinski definition) is 5. The Morgan fingerprint density at radius 2 is 2.10 bits per heavy atom. The SMILES string of the molecule is Cc1ccc(C(=O)N/N=C\c2ccccc2[N+](=O)[O-])cn1. The fraction of sp³-hybridized carbons (Fsp3) is 0.0714. The zero-order valence-electron chi connectivity index (χ0n) is 11.2. The van der Waals surface area contributed by atoms with Crippen LogP contribution < -0.4 is 5.43 Å². The molecule has 0 aliphatic heterocycles. The van der Waals surface area contributed by atoms with Crippen LogP contribution in [-0.2, 0) is 0 Å². The number of rotatable bonds is 4. The van der Waals surface area contributed by atoms with Gasteiger partial charge in [0.15, 0.2) is 0 Å². The zero-order chi connectivity index (χ0) is 15.2. The number of nitrogens with one attached hydrogen (secondary N) is 1. The highest BCUT2D eigenvalue weighted by atomic mass is 16.6. The Balaban J connectivity index is 2.07. The lowest BCUT2D eigenvalue weighted by Crippen LogP contribution is -2.17. The van der Waals surface area contributed by atoms with Crippen molar-refractivity contribution in [2.75, 3.05) is 0 Å². The lowest BCUT2D eigenvalue weighted by atomic mass is 10.2. The molecule has 1 aromatic carbocycles. The van der Waals surface area contributed by atoms with Crippen molar-refractivity contribution in [3.8, 4) is 0 Å². The summed E-state index contributed by atoms with van der Waals surface area (Å²) < 4.78 is 0. The predicted octanol–water partition coefficient (Wildman–Crippen LogP) is 2.06. The molecule has 1 heterocycles. The minimum Gasteiger partial charge on any atom is -0.267 e. The van der Waals surface area contributed by atoms with Gasteiger partial charge in [-0.1, -0.05) is 12.1 Å². The van der Waals surface area contributed by atoms with Crippen LogP contribution in [0.15, 0.2) is 47.7 Å². The van der Waals surface area contributed by atoms with E-state index in [1.54, 1.807) is 30.3 Å². The highest BCUT2D eigenvalue weighted by Crippen LogP contribution is 2.15. The minimum absolute atomic E-state index is 0.0764. The number of hydrazone groups is 1. The molecule has 0 aliphatic rings. The fourth-order valence-electron chi connectivity index (χ4n) is 1.59. The summed E-state index contributed by atoms with van der Waals surface area (Å²) in [5.74, 6) is -0.433. The molecule has 1 N–H and O–H groups in total. The van der Waals surface area contributed by atoms with E-state index >= 15 is 0 Å². The van der Waals surface area contributed by atoms with Crippen LogP contribution >= 0.6 is 0 Å². The lowest BCUT2D eigenvalue weighted by Gasteiger charge is -2.00. The second kappa shape index (κ2) is 6.38. The molecule has 106 valence electrons. The number of aromatic nitrogens is 1. The van der Waals surface area contributed by atoms with Crippen molar-refractivity contribution in [2.45, 2.75) is 6.92 Å². The third-order valence-electron chi connectivity index (χ3n) is 2.68. The van der Waals surface area contributed by atoms with Crippen LogP contribution in [0.2, 0.25) is 0 Å². The molecule has 0 aliphatic carbocycles. The standard InChI is InChI=1S/C14H12N4O3/c1-10-6-7-12(8-15-10)14(19)17-16-9-11-4-2-3-5-13(11)18(20)21/h2-9H,1H3,(H,17,19)/b16-9-. The Bertz CT molecular complexity index is 696. The number of pyridine rings is 1. The van der Waals surface area contributed by atoms with Crippen LogP contribution in [0, 0.1) is 17.0 Å². The Labute approximate surface area is 120 Å². The Morgan fingerprint density at radius 1 is 1.33 bits per heavy atom. The quantitative estimate of drug-likeness (QED) is 0.528. The topological polar surface area (TPSA) is 97.5 Å². The minimum atomic E-state index is -0.507. The van der Waals surface area contributed by atoms with Crippen LogP contribution in [0.25, 0.3) is 0 Å². The second-order valence-corrected chi connectivity index (χ2v) is 4.20. The van der Waals surface area contributed by atoms with E-state index in [9.17, 15) is 14.9 Å². The summed E-state index contributed by atoms with van der Waals surface area (Å²) in [4.78, 5) is 26.1. The monoisotopic (exact) mass is 284 g/mol. The average Bonchev–Trinajstić information content (AvgIpc) is 2.48. The molecule has 0 unspecified atom stereocenters. The van der Waals surface area contributed by atoms with E-state index in [4.69, 9.17) is 0 Å². The van der Waals surface area contributed by atoms with Crippen molar-refractivity contribution in [2.24, 2.45) is 5.10 Å². The van der Waals surface area contributed by atoms with Crippen molar-refractivity contribution in [3.63, 3.8) is 0 Å². The van der Waals surface area contributed by atoms with Crippen molar-refractivity contribution < 1.29 is 9.72 Å². The molecule has 21 heavy (non-hydrogen) atoms. The van der Waals surface area contributed by atoms with Gasteiger partial charge in [-0.05, 0) is 25.1 Å². The maximum absolute atomic E-state index is 11.8. The van der Waals surface area contributed by atoms with E-state index in [2.05, 4.69) is 15.5 Å². The number of nitro benzene ring substituents is 1. The van der Waals surface area contributed by atoms with Gasteiger partial charge in [-0.2, -0.15) is 5.10 Å². The zero-order valence-corrected chi connectivity index (χ0v) is 11.2. The molecule has 0 fully saturated rings. The largest absolute Gasteiger partial charge is 0.278 e. The van der Waals surface area contributed by atoms with Gasteiger partial charge in [0.25, 0.3) is 11.6 Å². The molecule has 0 spiro atoms. The Morgan fingerprint density at radius 3 is 2.76 bits per heavy atom. The van der Waals surface area contributed by atoms with E-state index in [1.165, 1.54) is 18.5 Å².